The third-order valence-electron chi connectivity index (χ3n) is 5.57. The van der Waals surface area contributed by atoms with Crippen molar-refractivity contribution >= 4 is 11.9 Å². The summed E-state index contributed by atoms with van der Waals surface area (Å²) in [6.45, 7) is 1.39. The average molecular weight is 431 g/mol. The fraction of sp³-hybridized carbons (Fsp3) is 0.579. The Balaban J connectivity index is 1.23. The Morgan fingerprint density at radius 2 is 2.00 bits per heavy atom. The second-order valence-electron chi connectivity index (χ2n) is 7.68. The maximum absolute atomic E-state index is 13.9. The molecular formula is C19H21F4N3O4. The number of likely N-dealkylation sites (tertiary alicyclic amines) is 2. The Morgan fingerprint density at radius 1 is 1.23 bits per heavy atom. The van der Waals surface area contributed by atoms with Crippen LogP contribution in [0.15, 0.2) is 18.2 Å². The van der Waals surface area contributed by atoms with Gasteiger partial charge in [0.25, 0.3) is 0 Å². The van der Waals surface area contributed by atoms with Crippen LogP contribution < -0.4 is 5.32 Å². The van der Waals surface area contributed by atoms with E-state index in [1.54, 1.807) is 9.80 Å². The lowest BCUT2D eigenvalue weighted by molar-refractivity contribution is -0.140. The lowest BCUT2D eigenvalue weighted by atomic mass is 10.0. The molecule has 7 nitrogen and oxygen atoms in total. The minimum absolute atomic E-state index is 0.0305. The van der Waals surface area contributed by atoms with Gasteiger partial charge in [-0.15, -0.1) is 0 Å². The Kier molecular flexibility index (Phi) is 5.58. The molecule has 30 heavy (non-hydrogen) atoms. The number of hydrogen-bond donors (Lipinski definition) is 1. The first kappa shape index (κ1) is 20.9. The van der Waals surface area contributed by atoms with Crippen LogP contribution in [0, 0.1) is 5.82 Å². The number of alkyl halides is 3. The molecule has 0 aliphatic carbocycles. The number of rotatable bonds is 3. The standard InChI is InChI=1S/C19H21F4N3O4/c20-14-5-12(19(21,22)23)2-1-11(14)9-29-13-6-26(7-13)18(28)25-4-3-16-15(8-25)24-17(27)10-30-16/h1-2,5,13,15-16H,3-4,6-10H2,(H,24,27)/t15-,16-/m0/s1. The molecule has 2 atom stereocenters. The highest BCUT2D eigenvalue weighted by Crippen LogP contribution is 2.30. The van der Waals surface area contributed by atoms with Crippen LogP contribution in [0.3, 0.4) is 0 Å². The van der Waals surface area contributed by atoms with E-state index in [9.17, 15) is 27.2 Å². The monoisotopic (exact) mass is 431 g/mol. The first-order chi connectivity index (χ1) is 14.2. The van der Waals surface area contributed by atoms with Crippen molar-refractivity contribution in [3.05, 3.63) is 35.1 Å². The van der Waals surface area contributed by atoms with Crippen molar-refractivity contribution in [2.45, 2.75) is 37.5 Å². The van der Waals surface area contributed by atoms with Crippen molar-refractivity contribution < 1.29 is 36.6 Å². The summed E-state index contributed by atoms with van der Waals surface area (Å²) in [5, 5.41) is 2.84. The van der Waals surface area contributed by atoms with Gasteiger partial charge in [0.2, 0.25) is 5.91 Å². The fourth-order valence-electron chi connectivity index (χ4n) is 3.82. The molecule has 0 aromatic heterocycles. The number of morpholine rings is 1. The number of amides is 3. The Bertz CT molecular complexity index is 828. The molecule has 4 rings (SSSR count). The fourth-order valence-corrected chi connectivity index (χ4v) is 3.82. The van der Waals surface area contributed by atoms with Gasteiger partial charge in [-0.25, -0.2) is 9.18 Å². The number of carbonyl (C=O) groups excluding carboxylic acids is 2. The summed E-state index contributed by atoms with van der Waals surface area (Å²) in [5.41, 5.74) is -1.02. The largest absolute Gasteiger partial charge is 0.416 e. The van der Waals surface area contributed by atoms with Crippen LogP contribution >= 0.6 is 0 Å². The molecule has 1 aromatic rings. The van der Waals surface area contributed by atoms with E-state index in [4.69, 9.17) is 9.47 Å². The number of fused-ring (bicyclic) bond motifs is 1. The zero-order chi connectivity index (χ0) is 21.5. The van der Waals surface area contributed by atoms with Crippen molar-refractivity contribution in [2.24, 2.45) is 0 Å². The molecule has 1 aromatic carbocycles. The molecule has 3 amide bonds. The van der Waals surface area contributed by atoms with E-state index in [0.29, 0.717) is 38.7 Å². The molecule has 11 heteroatoms. The molecule has 3 aliphatic rings. The summed E-state index contributed by atoms with van der Waals surface area (Å²) < 4.78 is 62.7. The van der Waals surface area contributed by atoms with E-state index >= 15 is 0 Å². The maximum atomic E-state index is 13.9. The number of nitrogens with one attached hydrogen (secondary N) is 1. The normalized spacial score (nSPS) is 24.9. The minimum Gasteiger partial charge on any atom is -0.370 e. The van der Waals surface area contributed by atoms with Crippen molar-refractivity contribution in [1.29, 1.82) is 0 Å². The number of ether oxygens (including phenoxy) is 2. The van der Waals surface area contributed by atoms with Gasteiger partial charge < -0.3 is 24.6 Å². The van der Waals surface area contributed by atoms with Crippen LogP contribution in [-0.2, 0) is 27.1 Å². The van der Waals surface area contributed by atoms with E-state index < -0.39 is 17.6 Å². The number of piperidine rings is 1. The van der Waals surface area contributed by atoms with Gasteiger partial charge in [0.15, 0.2) is 0 Å². The number of halogens is 4. The van der Waals surface area contributed by atoms with Crippen LogP contribution in [0.1, 0.15) is 17.5 Å². The molecule has 3 heterocycles. The summed E-state index contributed by atoms with van der Waals surface area (Å²) >= 11 is 0. The Labute approximate surface area is 169 Å². The third kappa shape index (κ3) is 4.36. The van der Waals surface area contributed by atoms with E-state index in [0.717, 1.165) is 12.1 Å². The second kappa shape index (κ2) is 8.03. The Morgan fingerprint density at radius 3 is 2.70 bits per heavy atom. The number of benzene rings is 1. The zero-order valence-electron chi connectivity index (χ0n) is 16.0. The molecule has 3 aliphatic heterocycles. The topological polar surface area (TPSA) is 71.1 Å². The smallest absolute Gasteiger partial charge is 0.370 e. The lowest BCUT2D eigenvalue weighted by Gasteiger charge is -2.45. The van der Waals surface area contributed by atoms with Crippen LogP contribution in [-0.4, -0.2) is 72.8 Å². The van der Waals surface area contributed by atoms with Gasteiger partial charge in [-0.05, 0) is 18.6 Å². The van der Waals surface area contributed by atoms with Crippen molar-refractivity contribution in [3.8, 4) is 0 Å². The van der Waals surface area contributed by atoms with Crippen molar-refractivity contribution in [1.82, 2.24) is 15.1 Å². The molecule has 0 radical (unpaired) electrons. The highest BCUT2D eigenvalue weighted by molar-refractivity contribution is 5.79. The second-order valence-corrected chi connectivity index (χ2v) is 7.68. The van der Waals surface area contributed by atoms with E-state index in [2.05, 4.69) is 5.32 Å². The summed E-state index contributed by atoms with van der Waals surface area (Å²) in [6, 6.07) is 1.93. The molecule has 0 spiro atoms. The predicted octanol–water partition coefficient (Wildman–Crippen LogP) is 1.75. The minimum atomic E-state index is -4.60. The van der Waals surface area contributed by atoms with Gasteiger partial charge in [0.05, 0.1) is 43.5 Å². The maximum Gasteiger partial charge on any atom is 0.416 e. The summed E-state index contributed by atoms with van der Waals surface area (Å²) in [6.07, 6.45) is -4.36. The van der Waals surface area contributed by atoms with Crippen molar-refractivity contribution in [2.75, 3.05) is 32.8 Å². The number of nitrogens with zero attached hydrogens (tertiary/aromatic N) is 2. The molecule has 164 valence electrons. The molecule has 0 unspecified atom stereocenters. The molecule has 0 bridgehead atoms. The molecule has 1 N–H and O–H groups in total. The first-order valence-corrected chi connectivity index (χ1v) is 9.63. The van der Waals surface area contributed by atoms with Gasteiger partial charge in [-0.3, -0.25) is 4.79 Å². The summed E-state index contributed by atoms with van der Waals surface area (Å²) in [4.78, 5) is 27.3. The van der Waals surface area contributed by atoms with Gasteiger partial charge in [-0.2, -0.15) is 13.2 Å². The van der Waals surface area contributed by atoms with Crippen LogP contribution in [0.4, 0.5) is 22.4 Å². The highest BCUT2D eigenvalue weighted by Gasteiger charge is 2.40. The van der Waals surface area contributed by atoms with Gasteiger partial charge in [0.1, 0.15) is 12.4 Å². The predicted molar refractivity (Wildman–Crippen MR) is 94.8 cm³/mol. The zero-order valence-corrected chi connectivity index (χ0v) is 16.0. The van der Waals surface area contributed by atoms with Crippen LogP contribution in [0.2, 0.25) is 0 Å². The number of urea groups is 1. The van der Waals surface area contributed by atoms with E-state index in [1.807, 2.05) is 0 Å². The number of hydrogen-bond acceptors (Lipinski definition) is 4. The van der Waals surface area contributed by atoms with Gasteiger partial charge in [-0.1, -0.05) is 6.07 Å². The lowest BCUT2D eigenvalue weighted by Crippen LogP contribution is -2.65. The molecule has 3 saturated heterocycles. The number of carbonyl (C=O) groups is 2. The van der Waals surface area contributed by atoms with Crippen molar-refractivity contribution in [3.63, 3.8) is 0 Å². The Hall–Kier alpha value is -2.40. The molecular weight excluding hydrogens is 410 g/mol. The van der Waals surface area contributed by atoms with Gasteiger partial charge in [0, 0.05) is 18.7 Å². The highest BCUT2D eigenvalue weighted by atomic mass is 19.4. The SMILES string of the molecule is O=C1CO[C@H]2CCN(C(=O)N3CC(OCc4ccc(C(F)(F)F)cc4F)C3)C[C@@H]2N1. The molecule has 3 fully saturated rings. The van der Waals surface area contributed by atoms with Crippen LogP contribution in [0.25, 0.3) is 0 Å². The third-order valence-corrected chi connectivity index (χ3v) is 5.57. The van der Waals surface area contributed by atoms with Gasteiger partial charge >= 0.3 is 12.2 Å². The van der Waals surface area contributed by atoms with E-state index in [-0.39, 0.29) is 49.0 Å². The summed E-state index contributed by atoms with van der Waals surface area (Å²) in [7, 11) is 0. The summed E-state index contributed by atoms with van der Waals surface area (Å²) in [5.74, 6) is -1.17. The quantitative estimate of drug-likeness (QED) is 0.741. The first-order valence-electron chi connectivity index (χ1n) is 9.63. The molecule has 0 saturated carbocycles. The average Bonchev–Trinajstić information content (AvgIpc) is 2.66. The van der Waals surface area contributed by atoms with Crippen LogP contribution in [0.5, 0.6) is 0 Å². The van der Waals surface area contributed by atoms with E-state index in [1.165, 1.54) is 0 Å².